The summed E-state index contributed by atoms with van der Waals surface area (Å²) in [6.45, 7) is 11.0. The first-order chi connectivity index (χ1) is 6.94. The lowest BCUT2D eigenvalue weighted by Crippen LogP contribution is -2.64. The Hall–Kier alpha value is -0.120. The molecule has 2 atom stereocenters. The molecule has 2 unspecified atom stereocenters. The zero-order valence-corrected chi connectivity index (χ0v) is 10.5. The van der Waals surface area contributed by atoms with Gasteiger partial charge in [0.2, 0.25) is 0 Å². The fraction of sp³-hybridized carbons (Fsp3) is 1.00. The smallest absolute Gasteiger partial charge is 0.0978 e. The summed E-state index contributed by atoms with van der Waals surface area (Å²) in [5, 5.41) is 3.66. The second-order valence-corrected chi connectivity index (χ2v) is 6.15. The summed E-state index contributed by atoms with van der Waals surface area (Å²) in [5.41, 5.74) is 0.330. The Morgan fingerprint density at radius 3 is 2.67 bits per heavy atom. The highest BCUT2D eigenvalue weighted by Gasteiger charge is 2.50. The molecule has 15 heavy (non-hydrogen) atoms. The summed E-state index contributed by atoms with van der Waals surface area (Å²) in [5.74, 6) is 0. The van der Waals surface area contributed by atoms with E-state index in [-0.39, 0.29) is 11.0 Å². The van der Waals surface area contributed by atoms with Gasteiger partial charge in [-0.05, 0) is 18.9 Å². The molecule has 0 radical (unpaired) electrons. The Morgan fingerprint density at radius 1 is 1.40 bits per heavy atom. The molecule has 0 aromatic rings. The Bertz CT molecular complexity index is 232. The summed E-state index contributed by atoms with van der Waals surface area (Å²) in [7, 11) is 2.19. The minimum absolute atomic E-state index is 0.0608. The number of likely N-dealkylation sites (tertiary alicyclic amines) is 1. The first-order valence-corrected chi connectivity index (χ1v) is 6.00. The van der Waals surface area contributed by atoms with Crippen LogP contribution in [0, 0.1) is 5.41 Å². The van der Waals surface area contributed by atoms with E-state index in [0.29, 0.717) is 6.04 Å². The Kier molecular flexibility index (Phi) is 2.82. The average molecular weight is 212 g/mol. The molecule has 2 saturated heterocycles. The van der Waals surface area contributed by atoms with E-state index in [1.807, 2.05) is 0 Å². The van der Waals surface area contributed by atoms with Crippen LogP contribution in [0.15, 0.2) is 0 Å². The van der Waals surface area contributed by atoms with E-state index in [1.165, 1.54) is 6.42 Å². The van der Waals surface area contributed by atoms with Gasteiger partial charge >= 0.3 is 0 Å². The second-order valence-electron chi connectivity index (χ2n) is 6.15. The lowest BCUT2D eigenvalue weighted by molar-refractivity contribution is -0.113. The molecule has 0 saturated carbocycles. The molecule has 2 fully saturated rings. The van der Waals surface area contributed by atoms with E-state index in [0.717, 1.165) is 26.2 Å². The van der Waals surface area contributed by atoms with Gasteiger partial charge in [0, 0.05) is 25.7 Å². The van der Waals surface area contributed by atoms with Crippen molar-refractivity contribution in [1.29, 1.82) is 0 Å². The van der Waals surface area contributed by atoms with Crippen LogP contribution in [0.25, 0.3) is 0 Å². The Labute approximate surface area is 93.2 Å². The number of ether oxygens (including phenoxy) is 1. The maximum Gasteiger partial charge on any atom is 0.0978 e. The standard InChI is InChI=1S/C12H24N2O/c1-11(2,3)10-12(15-8-6-13-10)5-7-14(4)9-12/h10,13H,5-9H2,1-4H3. The molecule has 2 aliphatic heterocycles. The monoisotopic (exact) mass is 212 g/mol. The molecular weight excluding hydrogens is 188 g/mol. The maximum atomic E-state index is 6.13. The van der Waals surface area contributed by atoms with Crippen LogP contribution in [0.1, 0.15) is 27.2 Å². The van der Waals surface area contributed by atoms with Gasteiger partial charge in [0.05, 0.1) is 12.2 Å². The molecule has 0 amide bonds. The predicted molar refractivity (Wildman–Crippen MR) is 62.0 cm³/mol. The highest BCUT2D eigenvalue weighted by Crippen LogP contribution is 2.38. The highest BCUT2D eigenvalue weighted by atomic mass is 16.5. The summed E-state index contributed by atoms with van der Waals surface area (Å²) in [6.07, 6.45) is 1.17. The van der Waals surface area contributed by atoms with Crippen LogP contribution in [-0.2, 0) is 4.74 Å². The van der Waals surface area contributed by atoms with Crippen molar-refractivity contribution in [2.45, 2.75) is 38.8 Å². The van der Waals surface area contributed by atoms with Crippen molar-refractivity contribution < 1.29 is 4.74 Å². The number of morpholine rings is 1. The molecule has 0 aliphatic carbocycles. The first kappa shape index (κ1) is 11.4. The van der Waals surface area contributed by atoms with Crippen molar-refractivity contribution in [2.24, 2.45) is 5.41 Å². The van der Waals surface area contributed by atoms with Crippen LogP contribution >= 0.6 is 0 Å². The molecule has 1 N–H and O–H groups in total. The maximum absolute atomic E-state index is 6.13. The van der Waals surface area contributed by atoms with Crippen molar-refractivity contribution >= 4 is 0 Å². The number of likely N-dealkylation sites (N-methyl/N-ethyl adjacent to an activating group) is 1. The lowest BCUT2D eigenvalue weighted by Gasteiger charge is -2.48. The van der Waals surface area contributed by atoms with Gasteiger partial charge in [-0.2, -0.15) is 0 Å². The largest absolute Gasteiger partial charge is 0.371 e. The lowest BCUT2D eigenvalue weighted by atomic mass is 9.75. The van der Waals surface area contributed by atoms with E-state index in [2.05, 4.69) is 38.0 Å². The number of nitrogens with one attached hydrogen (secondary N) is 1. The molecule has 88 valence electrons. The van der Waals surface area contributed by atoms with Crippen LogP contribution in [0.4, 0.5) is 0 Å². The summed E-state index contributed by atoms with van der Waals surface area (Å²) >= 11 is 0. The molecule has 1 spiro atoms. The molecule has 2 heterocycles. The fourth-order valence-electron chi connectivity index (χ4n) is 3.17. The molecule has 2 aliphatic rings. The zero-order chi connectivity index (χ0) is 11.1. The summed E-state index contributed by atoms with van der Waals surface area (Å²) < 4.78 is 6.13. The van der Waals surface area contributed by atoms with Gasteiger partial charge in [-0.1, -0.05) is 20.8 Å². The molecule has 3 heteroatoms. The Balaban J connectivity index is 2.19. The van der Waals surface area contributed by atoms with E-state index in [4.69, 9.17) is 4.74 Å². The SMILES string of the molecule is CN1CCC2(C1)OCCNC2C(C)(C)C. The van der Waals surface area contributed by atoms with E-state index < -0.39 is 0 Å². The Morgan fingerprint density at radius 2 is 2.13 bits per heavy atom. The number of hydrogen-bond donors (Lipinski definition) is 1. The topological polar surface area (TPSA) is 24.5 Å². The van der Waals surface area contributed by atoms with Crippen LogP contribution in [-0.4, -0.2) is 49.8 Å². The van der Waals surface area contributed by atoms with Gasteiger partial charge in [0.1, 0.15) is 0 Å². The minimum atomic E-state index is 0.0608. The molecule has 3 nitrogen and oxygen atoms in total. The molecule has 0 aromatic heterocycles. The zero-order valence-electron chi connectivity index (χ0n) is 10.5. The normalized spacial score (nSPS) is 38.8. The molecule has 0 aromatic carbocycles. The van der Waals surface area contributed by atoms with Crippen molar-refractivity contribution in [3.05, 3.63) is 0 Å². The van der Waals surface area contributed by atoms with Gasteiger partial charge in [0.25, 0.3) is 0 Å². The third-order valence-electron chi connectivity index (χ3n) is 3.69. The van der Waals surface area contributed by atoms with Gasteiger partial charge in [0.15, 0.2) is 0 Å². The van der Waals surface area contributed by atoms with Crippen molar-refractivity contribution in [1.82, 2.24) is 10.2 Å². The first-order valence-electron chi connectivity index (χ1n) is 6.00. The van der Waals surface area contributed by atoms with Crippen molar-refractivity contribution in [2.75, 3.05) is 33.3 Å². The van der Waals surface area contributed by atoms with E-state index >= 15 is 0 Å². The number of rotatable bonds is 0. The van der Waals surface area contributed by atoms with Gasteiger partial charge in [-0.15, -0.1) is 0 Å². The van der Waals surface area contributed by atoms with Crippen LogP contribution in [0.5, 0.6) is 0 Å². The fourth-order valence-corrected chi connectivity index (χ4v) is 3.17. The third kappa shape index (κ3) is 2.05. The minimum Gasteiger partial charge on any atom is -0.371 e. The second kappa shape index (κ2) is 3.72. The average Bonchev–Trinajstić information content (AvgIpc) is 2.47. The molecular formula is C12H24N2O. The van der Waals surface area contributed by atoms with Crippen LogP contribution in [0.3, 0.4) is 0 Å². The van der Waals surface area contributed by atoms with Crippen molar-refractivity contribution in [3.8, 4) is 0 Å². The van der Waals surface area contributed by atoms with Crippen molar-refractivity contribution in [3.63, 3.8) is 0 Å². The number of nitrogens with zero attached hydrogens (tertiary/aromatic N) is 1. The van der Waals surface area contributed by atoms with Gasteiger partial charge in [-0.25, -0.2) is 0 Å². The molecule has 0 bridgehead atoms. The van der Waals surface area contributed by atoms with Crippen LogP contribution in [0.2, 0.25) is 0 Å². The quantitative estimate of drug-likeness (QED) is 0.650. The predicted octanol–water partition coefficient (Wildman–Crippen LogP) is 1.10. The van der Waals surface area contributed by atoms with Gasteiger partial charge < -0.3 is 15.0 Å². The third-order valence-corrected chi connectivity index (χ3v) is 3.69. The highest BCUT2D eigenvalue weighted by molar-refractivity contribution is 5.06. The molecule has 2 rings (SSSR count). The number of hydrogen-bond acceptors (Lipinski definition) is 3. The summed E-state index contributed by atoms with van der Waals surface area (Å²) in [6, 6.07) is 0.476. The van der Waals surface area contributed by atoms with E-state index in [1.54, 1.807) is 0 Å². The summed E-state index contributed by atoms with van der Waals surface area (Å²) in [4.78, 5) is 2.38. The van der Waals surface area contributed by atoms with Crippen LogP contribution < -0.4 is 5.32 Å². The van der Waals surface area contributed by atoms with Gasteiger partial charge in [-0.3, -0.25) is 0 Å². The van der Waals surface area contributed by atoms with E-state index in [9.17, 15) is 0 Å².